The molecule has 1 heterocycles. The molecule has 0 spiro atoms. The summed E-state index contributed by atoms with van der Waals surface area (Å²) >= 11 is 3.46. The molecule has 4 heteroatoms. The molecule has 0 amide bonds. The van der Waals surface area contributed by atoms with Gasteiger partial charge in [-0.15, -0.1) is 0 Å². The van der Waals surface area contributed by atoms with Crippen LogP contribution in [0.3, 0.4) is 0 Å². The molecule has 3 nitrogen and oxygen atoms in total. The van der Waals surface area contributed by atoms with Crippen LogP contribution in [-0.2, 0) is 9.47 Å². The van der Waals surface area contributed by atoms with Crippen molar-refractivity contribution in [3.8, 4) is 5.75 Å². The summed E-state index contributed by atoms with van der Waals surface area (Å²) in [5, 5.41) is 0. The van der Waals surface area contributed by atoms with E-state index in [0.717, 1.165) is 36.3 Å². The predicted octanol–water partition coefficient (Wildman–Crippen LogP) is 3.29. The van der Waals surface area contributed by atoms with Gasteiger partial charge in [-0.2, -0.15) is 0 Å². The van der Waals surface area contributed by atoms with Gasteiger partial charge in [0, 0.05) is 10.9 Å². The van der Waals surface area contributed by atoms with Crippen molar-refractivity contribution < 1.29 is 14.2 Å². The molecule has 0 N–H and O–H groups in total. The molecule has 0 saturated carbocycles. The van der Waals surface area contributed by atoms with E-state index < -0.39 is 0 Å². The fourth-order valence-corrected chi connectivity index (χ4v) is 1.93. The average molecular weight is 301 g/mol. The molecule has 17 heavy (non-hydrogen) atoms. The van der Waals surface area contributed by atoms with Gasteiger partial charge < -0.3 is 14.2 Å². The Balaban J connectivity index is 1.75. The van der Waals surface area contributed by atoms with Crippen molar-refractivity contribution in [3.63, 3.8) is 0 Å². The highest BCUT2D eigenvalue weighted by atomic mass is 79.9. The third-order valence-electron chi connectivity index (χ3n) is 2.65. The first kappa shape index (κ1) is 12.9. The highest BCUT2D eigenvalue weighted by molar-refractivity contribution is 9.10. The molecule has 0 aromatic heterocycles. The minimum atomic E-state index is -0.0969. The fourth-order valence-electron chi connectivity index (χ4n) is 1.68. The van der Waals surface area contributed by atoms with E-state index >= 15 is 0 Å². The van der Waals surface area contributed by atoms with Crippen molar-refractivity contribution in [2.45, 2.75) is 26.1 Å². The number of ether oxygens (including phenoxy) is 3. The number of halogens is 1. The van der Waals surface area contributed by atoms with Gasteiger partial charge >= 0.3 is 0 Å². The third kappa shape index (κ3) is 3.98. The largest absolute Gasteiger partial charge is 0.493 e. The first-order valence-electron chi connectivity index (χ1n) is 5.88. The van der Waals surface area contributed by atoms with Crippen LogP contribution in [0.2, 0.25) is 0 Å². The molecule has 0 radical (unpaired) electrons. The van der Waals surface area contributed by atoms with Crippen LogP contribution in [0.15, 0.2) is 22.7 Å². The van der Waals surface area contributed by atoms with Crippen molar-refractivity contribution in [1.29, 1.82) is 0 Å². The maximum Gasteiger partial charge on any atom is 0.160 e. The lowest BCUT2D eigenvalue weighted by atomic mass is 10.2. The smallest absolute Gasteiger partial charge is 0.160 e. The number of aryl methyl sites for hydroxylation is 1. The predicted molar refractivity (Wildman–Crippen MR) is 69.3 cm³/mol. The SMILES string of the molecule is Cc1cc(OCCC2OCCCO2)ccc1Br. The molecule has 0 atom stereocenters. The van der Waals surface area contributed by atoms with Gasteiger partial charge in [0.2, 0.25) is 0 Å². The van der Waals surface area contributed by atoms with Gasteiger partial charge in [-0.25, -0.2) is 0 Å². The second-order valence-corrected chi connectivity index (χ2v) is 4.93. The minimum Gasteiger partial charge on any atom is -0.493 e. The van der Waals surface area contributed by atoms with Crippen LogP contribution in [0, 0.1) is 6.92 Å². The first-order chi connectivity index (χ1) is 8.25. The second kappa shape index (κ2) is 6.38. The molecular formula is C13H17BrO3. The summed E-state index contributed by atoms with van der Waals surface area (Å²) in [6.45, 7) is 4.25. The Bertz CT molecular complexity index is 362. The molecule has 1 aromatic carbocycles. The summed E-state index contributed by atoms with van der Waals surface area (Å²) < 4.78 is 17.7. The second-order valence-electron chi connectivity index (χ2n) is 4.07. The summed E-state index contributed by atoms with van der Waals surface area (Å²) in [6, 6.07) is 5.98. The first-order valence-corrected chi connectivity index (χ1v) is 6.67. The summed E-state index contributed by atoms with van der Waals surface area (Å²) in [7, 11) is 0. The Labute approximate surface area is 110 Å². The van der Waals surface area contributed by atoms with Gasteiger partial charge in [0.25, 0.3) is 0 Å². The lowest BCUT2D eigenvalue weighted by Crippen LogP contribution is -2.26. The summed E-state index contributed by atoms with van der Waals surface area (Å²) in [6.07, 6.45) is 1.67. The van der Waals surface area contributed by atoms with E-state index in [1.165, 1.54) is 5.56 Å². The lowest BCUT2D eigenvalue weighted by molar-refractivity contribution is -0.183. The number of rotatable bonds is 4. The van der Waals surface area contributed by atoms with Crippen molar-refractivity contribution in [3.05, 3.63) is 28.2 Å². The topological polar surface area (TPSA) is 27.7 Å². The van der Waals surface area contributed by atoms with E-state index in [4.69, 9.17) is 14.2 Å². The van der Waals surface area contributed by atoms with Gasteiger partial charge in [-0.3, -0.25) is 0 Å². The van der Waals surface area contributed by atoms with Gasteiger partial charge in [0.1, 0.15) is 5.75 Å². The summed E-state index contributed by atoms with van der Waals surface area (Å²) in [5.41, 5.74) is 1.17. The normalized spacial score (nSPS) is 17.1. The third-order valence-corrected chi connectivity index (χ3v) is 3.54. The molecule has 0 aliphatic carbocycles. The summed E-state index contributed by atoms with van der Waals surface area (Å²) in [5.74, 6) is 0.890. The van der Waals surface area contributed by atoms with Gasteiger partial charge in [0.05, 0.1) is 19.8 Å². The zero-order chi connectivity index (χ0) is 12.1. The Morgan fingerprint density at radius 1 is 1.35 bits per heavy atom. The van der Waals surface area contributed by atoms with Crippen LogP contribution in [0.1, 0.15) is 18.4 Å². The Morgan fingerprint density at radius 3 is 2.82 bits per heavy atom. The monoisotopic (exact) mass is 300 g/mol. The van der Waals surface area contributed by atoms with Crippen LogP contribution >= 0.6 is 15.9 Å². The minimum absolute atomic E-state index is 0.0969. The van der Waals surface area contributed by atoms with Gasteiger partial charge in [-0.1, -0.05) is 15.9 Å². The van der Waals surface area contributed by atoms with Crippen LogP contribution in [-0.4, -0.2) is 26.1 Å². The van der Waals surface area contributed by atoms with E-state index in [0.29, 0.717) is 6.61 Å². The maximum absolute atomic E-state index is 5.66. The Hall–Kier alpha value is -0.580. The van der Waals surface area contributed by atoms with Crippen molar-refractivity contribution in [2.75, 3.05) is 19.8 Å². The van der Waals surface area contributed by atoms with E-state index in [9.17, 15) is 0 Å². The summed E-state index contributed by atoms with van der Waals surface area (Å²) in [4.78, 5) is 0. The van der Waals surface area contributed by atoms with Crippen LogP contribution in [0.5, 0.6) is 5.75 Å². The number of benzene rings is 1. The molecule has 0 unspecified atom stereocenters. The number of hydrogen-bond donors (Lipinski definition) is 0. The van der Waals surface area contributed by atoms with Crippen molar-refractivity contribution in [1.82, 2.24) is 0 Å². The molecular weight excluding hydrogens is 284 g/mol. The zero-order valence-electron chi connectivity index (χ0n) is 9.95. The van der Waals surface area contributed by atoms with E-state index in [-0.39, 0.29) is 6.29 Å². The van der Waals surface area contributed by atoms with Crippen molar-refractivity contribution in [2.24, 2.45) is 0 Å². The van der Waals surface area contributed by atoms with E-state index in [2.05, 4.69) is 15.9 Å². The molecule has 1 aromatic rings. The Kier molecular flexibility index (Phi) is 4.83. The molecule has 0 bridgehead atoms. The molecule has 1 saturated heterocycles. The highest BCUT2D eigenvalue weighted by Crippen LogP contribution is 2.21. The maximum atomic E-state index is 5.66. The standard InChI is InChI=1S/C13H17BrO3/c1-10-9-11(3-4-12(10)14)15-8-5-13-16-6-2-7-17-13/h3-4,9,13H,2,5-8H2,1H3. The zero-order valence-corrected chi connectivity index (χ0v) is 11.5. The van der Waals surface area contributed by atoms with Gasteiger partial charge in [-0.05, 0) is 37.1 Å². The fraction of sp³-hybridized carbons (Fsp3) is 0.538. The van der Waals surface area contributed by atoms with Crippen LogP contribution < -0.4 is 4.74 Å². The highest BCUT2D eigenvalue weighted by Gasteiger charge is 2.13. The van der Waals surface area contributed by atoms with Gasteiger partial charge in [0.15, 0.2) is 6.29 Å². The molecule has 2 rings (SSSR count). The molecule has 1 fully saturated rings. The number of hydrogen-bond acceptors (Lipinski definition) is 3. The average Bonchev–Trinajstić information content (AvgIpc) is 2.35. The quantitative estimate of drug-likeness (QED) is 0.854. The van der Waals surface area contributed by atoms with Crippen molar-refractivity contribution >= 4 is 15.9 Å². The van der Waals surface area contributed by atoms with E-state index in [1.807, 2.05) is 25.1 Å². The van der Waals surface area contributed by atoms with Crippen LogP contribution in [0.4, 0.5) is 0 Å². The molecule has 1 aliphatic heterocycles. The molecule has 1 aliphatic rings. The van der Waals surface area contributed by atoms with E-state index in [1.54, 1.807) is 0 Å². The molecule has 94 valence electrons. The van der Waals surface area contributed by atoms with Crippen LogP contribution in [0.25, 0.3) is 0 Å². The lowest BCUT2D eigenvalue weighted by Gasteiger charge is -2.23. The Morgan fingerprint density at radius 2 is 2.12 bits per heavy atom.